The topological polar surface area (TPSA) is 72.0 Å². The fourth-order valence-electron chi connectivity index (χ4n) is 3.90. The van der Waals surface area contributed by atoms with E-state index in [1.165, 1.54) is 0 Å². The average molecular weight is 472 g/mol. The van der Waals surface area contributed by atoms with E-state index in [1.807, 2.05) is 18.2 Å². The van der Waals surface area contributed by atoms with Crippen LogP contribution in [0.4, 0.5) is 0 Å². The third-order valence-electron chi connectivity index (χ3n) is 5.65. The van der Waals surface area contributed by atoms with Gasteiger partial charge in [0.2, 0.25) is 10.0 Å². The first-order chi connectivity index (χ1) is 15.6. The van der Waals surface area contributed by atoms with Gasteiger partial charge in [0.15, 0.2) is 11.5 Å². The number of benzene rings is 2. The molecule has 1 saturated heterocycles. The number of aromatic nitrogens is 1. The van der Waals surface area contributed by atoms with Crippen molar-refractivity contribution < 1.29 is 17.9 Å². The molecule has 7 nitrogen and oxygen atoms in total. The van der Waals surface area contributed by atoms with Crippen LogP contribution in [0.5, 0.6) is 11.5 Å². The van der Waals surface area contributed by atoms with Crippen LogP contribution in [-0.4, -0.2) is 62.0 Å². The summed E-state index contributed by atoms with van der Waals surface area (Å²) in [6, 6.07) is 15.0. The molecule has 0 amide bonds. The van der Waals surface area contributed by atoms with Gasteiger partial charge in [-0.2, -0.15) is 4.31 Å². The van der Waals surface area contributed by atoms with Gasteiger partial charge in [0.05, 0.1) is 23.8 Å². The van der Waals surface area contributed by atoms with E-state index in [4.69, 9.17) is 14.5 Å². The SMILES string of the molecule is O=S(=O)(c1ccc2c(c1)OCCCO2)N1CCN(Cc2csc(-c3ccccc3)n2)CC1. The third-order valence-corrected chi connectivity index (χ3v) is 8.48. The lowest BCUT2D eigenvalue weighted by Gasteiger charge is -2.33. The zero-order valence-electron chi connectivity index (χ0n) is 17.6. The molecule has 9 heteroatoms. The molecular formula is C23H25N3O4S2. The highest BCUT2D eigenvalue weighted by molar-refractivity contribution is 7.89. The monoisotopic (exact) mass is 471 g/mol. The molecule has 0 aliphatic carbocycles. The molecule has 3 heterocycles. The molecule has 168 valence electrons. The lowest BCUT2D eigenvalue weighted by atomic mass is 10.2. The first kappa shape index (κ1) is 21.4. The number of thiazole rings is 1. The fraction of sp³-hybridized carbons (Fsp3) is 0.348. The van der Waals surface area contributed by atoms with Crippen molar-refractivity contribution in [1.82, 2.24) is 14.2 Å². The minimum absolute atomic E-state index is 0.252. The molecule has 32 heavy (non-hydrogen) atoms. The summed E-state index contributed by atoms with van der Waals surface area (Å²) in [5, 5.41) is 3.10. The van der Waals surface area contributed by atoms with Gasteiger partial charge in [0.1, 0.15) is 5.01 Å². The lowest BCUT2D eigenvalue weighted by molar-refractivity contribution is 0.180. The Labute approximate surface area is 192 Å². The predicted octanol–water partition coefficient (Wildman–Crippen LogP) is 3.48. The molecule has 1 aromatic heterocycles. The number of ether oxygens (including phenoxy) is 2. The standard InChI is InChI=1S/C23H25N3O4S2/c27-32(28,20-7-8-21-22(15-20)30-14-4-13-29-21)26-11-9-25(10-12-26)16-19-17-31-23(24-19)18-5-2-1-3-6-18/h1-3,5-8,15,17H,4,9-14,16H2. The summed E-state index contributed by atoms with van der Waals surface area (Å²) in [4.78, 5) is 7.26. The van der Waals surface area contributed by atoms with Gasteiger partial charge in [-0.25, -0.2) is 13.4 Å². The van der Waals surface area contributed by atoms with Gasteiger partial charge in [-0.1, -0.05) is 30.3 Å². The second kappa shape index (κ2) is 9.19. The van der Waals surface area contributed by atoms with Gasteiger partial charge in [0, 0.05) is 56.2 Å². The van der Waals surface area contributed by atoms with Crippen molar-refractivity contribution in [2.45, 2.75) is 17.9 Å². The number of hydrogen-bond donors (Lipinski definition) is 0. The number of rotatable bonds is 5. The number of piperazine rings is 1. The van der Waals surface area contributed by atoms with E-state index >= 15 is 0 Å². The smallest absolute Gasteiger partial charge is 0.243 e. The normalized spacial score (nSPS) is 17.8. The van der Waals surface area contributed by atoms with E-state index < -0.39 is 10.0 Å². The number of nitrogens with zero attached hydrogens (tertiary/aromatic N) is 3. The molecule has 5 rings (SSSR count). The van der Waals surface area contributed by atoms with E-state index in [1.54, 1.807) is 33.8 Å². The Kier molecular flexibility index (Phi) is 6.14. The Morgan fingerprint density at radius 2 is 1.69 bits per heavy atom. The third kappa shape index (κ3) is 4.52. The van der Waals surface area contributed by atoms with E-state index in [2.05, 4.69) is 22.4 Å². The van der Waals surface area contributed by atoms with E-state index in [0.717, 1.165) is 29.2 Å². The van der Waals surface area contributed by atoms with Crippen molar-refractivity contribution in [2.75, 3.05) is 39.4 Å². The van der Waals surface area contributed by atoms with Crippen LogP contribution in [0.15, 0.2) is 58.8 Å². The summed E-state index contributed by atoms with van der Waals surface area (Å²) in [5.74, 6) is 1.10. The summed E-state index contributed by atoms with van der Waals surface area (Å²) < 4.78 is 39.2. The van der Waals surface area contributed by atoms with Crippen LogP contribution >= 0.6 is 11.3 Å². The maximum Gasteiger partial charge on any atom is 0.243 e. The van der Waals surface area contributed by atoms with Gasteiger partial charge >= 0.3 is 0 Å². The zero-order chi connectivity index (χ0) is 22.0. The van der Waals surface area contributed by atoms with Crippen molar-refractivity contribution >= 4 is 21.4 Å². The second-order valence-electron chi connectivity index (χ2n) is 7.85. The molecule has 2 aliphatic rings. The van der Waals surface area contributed by atoms with Crippen LogP contribution in [0.3, 0.4) is 0 Å². The largest absolute Gasteiger partial charge is 0.490 e. The Morgan fingerprint density at radius 1 is 0.938 bits per heavy atom. The summed E-state index contributed by atoms with van der Waals surface area (Å²) in [5.41, 5.74) is 2.14. The van der Waals surface area contributed by atoms with Crippen molar-refractivity contribution in [3.63, 3.8) is 0 Å². The first-order valence-corrected chi connectivity index (χ1v) is 13.0. The summed E-state index contributed by atoms with van der Waals surface area (Å²) >= 11 is 1.64. The Morgan fingerprint density at radius 3 is 2.47 bits per heavy atom. The van der Waals surface area contributed by atoms with Crippen LogP contribution < -0.4 is 9.47 Å². The quantitative estimate of drug-likeness (QED) is 0.567. The van der Waals surface area contributed by atoms with E-state index in [0.29, 0.717) is 50.9 Å². The van der Waals surface area contributed by atoms with E-state index in [-0.39, 0.29) is 4.90 Å². The van der Waals surface area contributed by atoms with Crippen LogP contribution in [0.2, 0.25) is 0 Å². The summed E-state index contributed by atoms with van der Waals surface area (Å²) in [6.07, 6.45) is 0.782. The Bertz CT molecular complexity index is 1170. The van der Waals surface area contributed by atoms with Crippen LogP contribution in [0, 0.1) is 0 Å². The van der Waals surface area contributed by atoms with Crippen molar-refractivity contribution in [1.29, 1.82) is 0 Å². The van der Waals surface area contributed by atoms with Crippen LogP contribution in [0.25, 0.3) is 10.6 Å². The van der Waals surface area contributed by atoms with Gasteiger partial charge < -0.3 is 9.47 Å². The average Bonchev–Trinajstić information content (AvgIpc) is 3.16. The van der Waals surface area contributed by atoms with Gasteiger partial charge in [0.25, 0.3) is 0 Å². The number of sulfonamides is 1. The molecular weight excluding hydrogens is 446 g/mol. The van der Waals surface area contributed by atoms with Crippen molar-refractivity contribution in [2.24, 2.45) is 0 Å². The Balaban J connectivity index is 1.22. The minimum Gasteiger partial charge on any atom is -0.490 e. The molecule has 0 spiro atoms. The molecule has 0 radical (unpaired) electrons. The first-order valence-electron chi connectivity index (χ1n) is 10.7. The number of fused-ring (bicyclic) bond motifs is 1. The molecule has 3 aromatic rings. The number of hydrogen-bond acceptors (Lipinski definition) is 7. The Hall–Kier alpha value is -2.46. The summed E-state index contributed by atoms with van der Waals surface area (Å²) in [7, 11) is -3.58. The van der Waals surface area contributed by atoms with E-state index in [9.17, 15) is 8.42 Å². The predicted molar refractivity (Wildman–Crippen MR) is 124 cm³/mol. The second-order valence-corrected chi connectivity index (χ2v) is 10.6. The maximum absolute atomic E-state index is 13.2. The fourth-order valence-corrected chi connectivity index (χ4v) is 6.16. The zero-order valence-corrected chi connectivity index (χ0v) is 19.3. The molecule has 1 fully saturated rings. The highest BCUT2D eigenvalue weighted by atomic mass is 32.2. The molecule has 0 saturated carbocycles. The van der Waals surface area contributed by atoms with Gasteiger partial charge in [-0.05, 0) is 12.1 Å². The molecule has 2 aromatic carbocycles. The lowest BCUT2D eigenvalue weighted by Crippen LogP contribution is -2.48. The highest BCUT2D eigenvalue weighted by Crippen LogP contribution is 2.33. The van der Waals surface area contributed by atoms with Gasteiger partial charge in [-0.15, -0.1) is 11.3 Å². The molecule has 2 aliphatic heterocycles. The van der Waals surface area contributed by atoms with Crippen LogP contribution in [-0.2, 0) is 16.6 Å². The van der Waals surface area contributed by atoms with Crippen molar-refractivity contribution in [3.8, 4) is 22.1 Å². The molecule has 0 unspecified atom stereocenters. The van der Waals surface area contributed by atoms with Gasteiger partial charge in [-0.3, -0.25) is 4.90 Å². The molecule has 0 N–H and O–H groups in total. The van der Waals surface area contributed by atoms with Crippen LogP contribution in [0.1, 0.15) is 12.1 Å². The molecule has 0 bridgehead atoms. The highest BCUT2D eigenvalue weighted by Gasteiger charge is 2.29. The summed E-state index contributed by atoms with van der Waals surface area (Å²) in [6.45, 7) is 4.06. The molecule has 0 atom stereocenters. The minimum atomic E-state index is -3.58. The van der Waals surface area contributed by atoms with Crippen molar-refractivity contribution in [3.05, 3.63) is 59.6 Å². The maximum atomic E-state index is 13.2.